The van der Waals surface area contributed by atoms with Gasteiger partial charge in [0, 0.05) is 29.5 Å². The zero-order valence-corrected chi connectivity index (χ0v) is 21.6. The first-order chi connectivity index (χ1) is 18.4. The number of benzene rings is 2. The number of carbonyl (C=O) groups is 2. The van der Waals surface area contributed by atoms with Crippen LogP contribution in [0.2, 0.25) is 0 Å². The van der Waals surface area contributed by atoms with Crippen LogP contribution in [0.3, 0.4) is 0 Å². The van der Waals surface area contributed by atoms with Crippen molar-refractivity contribution in [3.05, 3.63) is 70.3 Å². The van der Waals surface area contributed by atoms with Gasteiger partial charge in [0.15, 0.2) is 5.96 Å². The van der Waals surface area contributed by atoms with Crippen molar-refractivity contribution in [3.63, 3.8) is 0 Å². The molecule has 38 heavy (non-hydrogen) atoms. The first-order valence-electron chi connectivity index (χ1n) is 13.6. The minimum absolute atomic E-state index is 0.0746. The van der Waals surface area contributed by atoms with E-state index in [1.165, 1.54) is 0 Å². The Bertz CT molecular complexity index is 1320. The summed E-state index contributed by atoms with van der Waals surface area (Å²) < 4.78 is 5.87. The monoisotopic (exact) mass is 514 g/mol. The second-order valence-corrected chi connectivity index (χ2v) is 10.9. The van der Waals surface area contributed by atoms with E-state index in [4.69, 9.17) is 10.1 Å². The summed E-state index contributed by atoms with van der Waals surface area (Å²) in [5.41, 5.74) is 3.74. The first kappa shape index (κ1) is 24.7. The normalized spacial score (nSPS) is 29.5. The molecular weight excluding hydrogens is 480 g/mol. The number of rotatable bonds is 1. The maximum atomic E-state index is 13.6. The molecule has 1 saturated heterocycles. The number of hydrogen-bond acceptors (Lipinski definition) is 5. The molecule has 4 aliphatic heterocycles. The van der Waals surface area contributed by atoms with E-state index in [9.17, 15) is 14.7 Å². The van der Waals surface area contributed by atoms with E-state index in [1.54, 1.807) is 23.1 Å². The molecule has 4 heterocycles. The number of aliphatic hydroxyl groups excluding tert-OH is 1. The Morgan fingerprint density at radius 3 is 2.87 bits per heavy atom. The Morgan fingerprint density at radius 1 is 1.18 bits per heavy atom. The van der Waals surface area contributed by atoms with Crippen molar-refractivity contribution in [2.75, 3.05) is 6.61 Å². The number of hydrogen-bond donors (Lipinski definition) is 4. The first-order valence-corrected chi connectivity index (χ1v) is 13.6. The van der Waals surface area contributed by atoms with Gasteiger partial charge in [-0.15, -0.1) is 0 Å². The number of guanidine groups is 1. The highest BCUT2D eigenvalue weighted by atomic mass is 16.5. The van der Waals surface area contributed by atoms with Crippen LogP contribution in [0.5, 0.6) is 5.75 Å². The van der Waals surface area contributed by atoms with Crippen LogP contribution in [0.1, 0.15) is 90.1 Å². The van der Waals surface area contributed by atoms with Crippen molar-refractivity contribution in [2.24, 2.45) is 0 Å². The highest BCUT2D eigenvalue weighted by Crippen LogP contribution is 2.40. The summed E-state index contributed by atoms with van der Waals surface area (Å²) in [4.78, 5) is 28.5. The lowest BCUT2D eigenvalue weighted by molar-refractivity contribution is -0.133. The van der Waals surface area contributed by atoms with E-state index in [0.29, 0.717) is 37.2 Å². The smallest absolute Gasteiger partial charge is 0.251 e. The zero-order valence-electron chi connectivity index (χ0n) is 21.6. The molecule has 8 nitrogen and oxygen atoms in total. The SMILES string of the molecule is CCC12CCC/C=C\c3ccc4c(c3)C(NC(=O)c3ccc5c(c3)C(CCO5)N(C(=N)N1)C(=O)C2)C(O)C4. The van der Waals surface area contributed by atoms with E-state index in [2.05, 4.69) is 35.8 Å². The molecule has 4 N–H and O–H groups in total. The van der Waals surface area contributed by atoms with Crippen LogP contribution in [0.15, 0.2) is 42.5 Å². The molecule has 1 aliphatic carbocycles. The average Bonchev–Trinajstić information content (AvgIpc) is 3.21. The Morgan fingerprint density at radius 2 is 2.05 bits per heavy atom. The van der Waals surface area contributed by atoms with E-state index < -0.39 is 17.7 Å². The van der Waals surface area contributed by atoms with Gasteiger partial charge in [-0.2, -0.15) is 0 Å². The van der Waals surface area contributed by atoms with Gasteiger partial charge in [-0.3, -0.25) is 19.9 Å². The van der Waals surface area contributed by atoms with Gasteiger partial charge in [0.05, 0.1) is 31.2 Å². The summed E-state index contributed by atoms with van der Waals surface area (Å²) in [6.07, 6.45) is 8.15. The van der Waals surface area contributed by atoms with Crippen LogP contribution >= 0.6 is 0 Å². The molecular formula is C30H34N4O4. The Labute approximate surface area is 222 Å². The van der Waals surface area contributed by atoms with Gasteiger partial charge in [-0.1, -0.05) is 31.2 Å². The Kier molecular flexibility index (Phi) is 6.22. The van der Waals surface area contributed by atoms with Crippen molar-refractivity contribution in [2.45, 2.75) is 75.6 Å². The summed E-state index contributed by atoms with van der Waals surface area (Å²) in [6.45, 7) is 2.50. The molecule has 0 radical (unpaired) electrons. The molecule has 0 aromatic heterocycles. The van der Waals surface area contributed by atoms with Crippen molar-refractivity contribution < 1.29 is 19.4 Å². The zero-order chi connectivity index (χ0) is 26.4. The Hall–Kier alpha value is -3.65. The van der Waals surface area contributed by atoms with E-state index >= 15 is 0 Å². The van der Waals surface area contributed by atoms with Crippen molar-refractivity contribution in [1.29, 1.82) is 5.41 Å². The van der Waals surface area contributed by atoms with Crippen LogP contribution in [0, 0.1) is 5.41 Å². The number of ether oxygens (including phenoxy) is 1. The van der Waals surface area contributed by atoms with Gasteiger partial charge in [0.1, 0.15) is 5.75 Å². The van der Waals surface area contributed by atoms with Crippen LogP contribution in [-0.4, -0.2) is 46.0 Å². The van der Waals surface area contributed by atoms with Gasteiger partial charge in [-0.05, 0) is 66.6 Å². The lowest BCUT2D eigenvalue weighted by Gasteiger charge is -2.46. The molecule has 198 valence electrons. The van der Waals surface area contributed by atoms with Crippen molar-refractivity contribution >= 4 is 23.8 Å². The fraction of sp³-hybridized carbons (Fsp3) is 0.433. The van der Waals surface area contributed by atoms with Gasteiger partial charge < -0.3 is 20.5 Å². The molecule has 2 aromatic carbocycles. The fourth-order valence-corrected chi connectivity index (χ4v) is 6.43. The third kappa shape index (κ3) is 4.26. The second kappa shape index (κ2) is 9.58. The summed E-state index contributed by atoms with van der Waals surface area (Å²) >= 11 is 0. The molecule has 5 aliphatic rings. The summed E-state index contributed by atoms with van der Waals surface area (Å²) in [5.74, 6) is 0.367. The second-order valence-electron chi connectivity index (χ2n) is 10.9. The minimum Gasteiger partial charge on any atom is -0.493 e. The third-order valence-corrected chi connectivity index (χ3v) is 8.59. The highest BCUT2D eigenvalue weighted by molar-refractivity contribution is 6.00. The van der Waals surface area contributed by atoms with Gasteiger partial charge >= 0.3 is 0 Å². The summed E-state index contributed by atoms with van der Waals surface area (Å²) in [6, 6.07) is 10.5. The maximum Gasteiger partial charge on any atom is 0.251 e. The predicted octanol–water partition coefficient (Wildman–Crippen LogP) is 4.00. The van der Waals surface area contributed by atoms with Crippen LogP contribution in [-0.2, 0) is 11.2 Å². The lowest BCUT2D eigenvalue weighted by Crippen LogP contribution is -2.63. The molecule has 0 spiro atoms. The fourth-order valence-electron chi connectivity index (χ4n) is 6.43. The van der Waals surface area contributed by atoms with Crippen molar-refractivity contribution in [3.8, 4) is 5.75 Å². The van der Waals surface area contributed by atoms with Crippen LogP contribution in [0.25, 0.3) is 6.08 Å². The number of carbonyl (C=O) groups excluding carboxylic acids is 2. The molecule has 0 saturated carbocycles. The Balaban J connectivity index is 1.41. The highest BCUT2D eigenvalue weighted by Gasteiger charge is 2.44. The molecule has 2 aromatic rings. The maximum absolute atomic E-state index is 13.6. The number of aliphatic hydroxyl groups is 1. The molecule has 4 unspecified atom stereocenters. The van der Waals surface area contributed by atoms with Gasteiger partial charge in [0.2, 0.25) is 5.91 Å². The average molecular weight is 515 g/mol. The number of amides is 2. The largest absolute Gasteiger partial charge is 0.493 e. The summed E-state index contributed by atoms with van der Waals surface area (Å²) in [7, 11) is 0. The lowest BCUT2D eigenvalue weighted by atomic mass is 9.83. The van der Waals surface area contributed by atoms with Gasteiger partial charge in [-0.25, -0.2) is 0 Å². The molecule has 8 heteroatoms. The van der Waals surface area contributed by atoms with Crippen LogP contribution in [0.4, 0.5) is 0 Å². The third-order valence-electron chi connectivity index (χ3n) is 8.59. The quantitative estimate of drug-likeness (QED) is 0.459. The molecule has 1 fully saturated rings. The molecule has 7 rings (SSSR count). The number of nitrogens with zero attached hydrogens (tertiary/aromatic N) is 1. The van der Waals surface area contributed by atoms with Crippen molar-refractivity contribution in [1.82, 2.24) is 15.5 Å². The summed E-state index contributed by atoms with van der Waals surface area (Å²) in [5, 5.41) is 26.1. The molecule has 2 amide bonds. The predicted molar refractivity (Wildman–Crippen MR) is 144 cm³/mol. The minimum atomic E-state index is -0.702. The van der Waals surface area contributed by atoms with E-state index in [0.717, 1.165) is 47.9 Å². The number of fused-ring (bicyclic) bond motifs is 6. The molecule has 4 atom stereocenters. The standard InChI is InChI=1S/C30H34N4O4/c1-2-30-12-5-3-4-6-18-7-8-19-16-24(35)27(21(19)14-18)32-28(37)20-9-10-25-22(15-20)23(11-13-38-25)34(26(36)17-30)29(31)33-30/h4,6-10,14-15,23-24,27,35H,2-3,5,11-13,16-17H2,1H3,(H2,31,33)(H,32,37)/b6-4-. The number of allylic oxidation sites excluding steroid dienone is 1. The van der Waals surface area contributed by atoms with Gasteiger partial charge in [0.25, 0.3) is 5.91 Å². The molecule has 6 bridgehead atoms. The topological polar surface area (TPSA) is 115 Å². The van der Waals surface area contributed by atoms with E-state index in [1.807, 2.05) is 12.1 Å². The van der Waals surface area contributed by atoms with Crippen LogP contribution < -0.4 is 15.4 Å². The number of nitrogens with one attached hydrogen (secondary N) is 3. The van der Waals surface area contributed by atoms with E-state index in [-0.39, 0.29) is 23.8 Å².